The van der Waals surface area contributed by atoms with Crippen molar-refractivity contribution in [3.05, 3.63) is 176 Å². The molecular formula is C47H35N2O2P. The van der Waals surface area contributed by atoms with Crippen molar-refractivity contribution in [3.8, 4) is 33.7 Å². The van der Waals surface area contributed by atoms with Crippen LogP contribution in [0.2, 0.25) is 0 Å². The largest absolute Gasteiger partial charge is 0.455 e. The highest BCUT2D eigenvalue weighted by atomic mass is 31.2. The van der Waals surface area contributed by atoms with Crippen LogP contribution in [0.3, 0.4) is 0 Å². The molecule has 9 rings (SSSR count). The van der Waals surface area contributed by atoms with E-state index in [-0.39, 0.29) is 0 Å². The first-order valence-corrected chi connectivity index (χ1v) is 19.5. The number of aryl methyl sites for hydroxylation is 1. The Balaban J connectivity index is 1.36. The lowest BCUT2D eigenvalue weighted by atomic mass is 9.92. The van der Waals surface area contributed by atoms with Crippen molar-refractivity contribution in [2.75, 3.05) is 0 Å². The summed E-state index contributed by atoms with van der Waals surface area (Å²) in [4.78, 5) is 10.4. The number of pyridine rings is 2. The minimum Gasteiger partial charge on any atom is -0.455 e. The Morgan fingerprint density at radius 2 is 1.10 bits per heavy atom. The average molecular weight is 691 g/mol. The molecule has 0 unspecified atom stereocenters. The summed E-state index contributed by atoms with van der Waals surface area (Å²) in [6, 6.07) is 56.8. The number of aromatic nitrogens is 2. The Labute approximate surface area is 302 Å². The van der Waals surface area contributed by atoms with Crippen LogP contribution in [-0.2, 0) is 11.0 Å². The molecule has 3 aromatic heterocycles. The molecule has 6 aromatic carbocycles. The average Bonchev–Trinajstić information content (AvgIpc) is 3.62. The van der Waals surface area contributed by atoms with E-state index in [9.17, 15) is 0 Å². The highest BCUT2D eigenvalue weighted by molar-refractivity contribution is 7.85. The zero-order valence-electron chi connectivity index (χ0n) is 28.7. The lowest BCUT2D eigenvalue weighted by Crippen LogP contribution is -2.24. The van der Waals surface area contributed by atoms with E-state index in [1.54, 1.807) is 0 Å². The molecule has 3 heterocycles. The van der Waals surface area contributed by atoms with E-state index >= 15 is 4.57 Å². The highest BCUT2D eigenvalue weighted by Crippen LogP contribution is 2.49. The molecule has 0 N–H and O–H groups in total. The van der Waals surface area contributed by atoms with Crippen LogP contribution in [-0.4, -0.2) is 9.97 Å². The first kappa shape index (κ1) is 31.9. The SMILES string of the molecule is CCCc1cc(-c2c(-c3ccc(P(=O)(c4ccccc4)c4ccccc4)cc3)oc3c2c(-c2ccccc2)nc2ccccc23)c2ccccc2n1. The monoisotopic (exact) mass is 690 g/mol. The van der Waals surface area contributed by atoms with Crippen molar-refractivity contribution in [1.82, 2.24) is 9.97 Å². The van der Waals surface area contributed by atoms with Gasteiger partial charge in [-0.05, 0) is 36.2 Å². The number of benzene rings is 6. The third-order valence-corrected chi connectivity index (χ3v) is 12.9. The molecular weight excluding hydrogens is 656 g/mol. The summed E-state index contributed by atoms with van der Waals surface area (Å²) in [5.41, 5.74) is 8.45. The van der Waals surface area contributed by atoms with E-state index < -0.39 is 7.14 Å². The number of rotatable bonds is 8. The van der Waals surface area contributed by atoms with Gasteiger partial charge in [0.25, 0.3) is 0 Å². The van der Waals surface area contributed by atoms with E-state index in [1.807, 2.05) is 103 Å². The first-order valence-electron chi connectivity index (χ1n) is 17.8. The van der Waals surface area contributed by atoms with Crippen LogP contribution < -0.4 is 15.9 Å². The normalized spacial score (nSPS) is 11.8. The molecule has 52 heavy (non-hydrogen) atoms. The summed E-state index contributed by atoms with van der Waals surface area (Å²) in [5.74, 6) is 0.741. The van der Waals surface area contributed by atoms with Gasteiger partial charge in [0, 0.05) is 49.1 Å². The zero-order chi connectivity index (χ0) is 35.1. The van der Waals surface area contributed by atoms with E-state index in [2.05, 4.69) is 73.7 Å². The van der Waals surface area contributed by atoms with Crippen LogP contribution in [0.1, 0.15) is 19.0 Å². The molecule has 250 valence electrons. The molecule has 0 atom stereocenters. The number of furan rings is 1. The van der Waals surface area contributed by atoms with Gasteiger partial charge in [0.1, 0.15) is 11.3 Å². The Hall–Kier alpha value is -6.09. The maximum atomic E-state index is 15.2. The maximum absolute atomic E-state index is 15.2. The highest BCUT2D eigenvalue weighted by Gasteiger charge is 2.31. The van der Waals surface area contributed by atoms with Gasteiger partial charge in [0.2, 0.25) is 0 Å². The quantitative estimate of drug-likeness (QED) is 0.149. The van der Waals surface area contributed by atoms with Crippen molar-refractivity contribution in [2.24, 2.45) is 0 Å². The van der Waals surface area contributed by atoms with Crippen molar-refractivity contribution >= 4 is 55.8 Å². The van der Waals surface area contributed by atoms with Crippen molar-refractivity contribution < 1.29 is 8.98 Å². The second-order valence-corrected chi connectivity index (χ2v) is 15.9. The number of fused-ring (bicyclic) bond motifs is 4. The molecule has 0 aliphatic carbocycles. The van der Waals surface area contributed by atoms with Gasteiger partial charge in [0.15, 0.2) is 7.14 Å². The third-order valence-electron chi connectivity index (χ3n) is 9.85. The second kappa shape index (κ2) is 13.2. The molecule has 0 aliphatic heterocycles. The number of para-hydroxylation sites is 2. The fourth-order valence-electron chi connectivity index (χ4n) is 7.42. The third kappa shape index (κ3) is 5.35. The molecule has 0 saturated heterocycles. The molecule has 0 amide bonds. The maximum Gasteiger partial charge on any atom is 0.171 e. The summed E-state index contributed by atoms with van der Waals surface area (Å²) in [6.45, 7) is 2.18. The minimum absolute atomic E-state index is 0.741. The van der Waals surface area contributed by atoms with E-state index in [1.165, 1.54) is 0 Å². The fraction of sp³-hybridized carbons (Fsp3) is 0.0638. The van der Waals surface area contributed by atoms with Gasteiger partial charge in [-0.1, -0.05) is 159 Å². The minimum atomic E-state index is -3.16. The Bertz CT molecular complexity index is 2720. The van der Waals surface area contributed by atoms with Gasteiger partial charge in [-0.3, -0.25) is 4.98 Å². The van der Waals surface area contributed by atoms with Crippen molar-refractivity contribution in [1.29, 1.82) is 0 Å². The smallest absolute Gasteiger partial charge is 0.171 e. The summed E-state index contributed by atoms with van der Waals surface area (Å²) in [5, 5.41) is 5.33. The second-order valence-electron chi connectivity index (χ2n) is 13.1. The number of hydrogen-bond donors (Lipinski definition) is 0. The molecule has 4 nitrogen and oxygen atoms in total. The summed E-state index contributed by atoms with van der Waals surface area (Å²) in [6.07, 6.45) is 1.84. The topological polar surface area (TPSA) is 56.0 Å². The zero-order valence-corrected chi connectivity index (χ0v) is 29.6. The van der Waals surface area contributed by atoms with Gasteiger partial charge in [-0.25, -0.2) is 4.98 Å². The Morgan fingerprint density at radius 1 is 0.558 bits per heavy atom. The van der Waals surface area contributed by atoms with Crippen molar-refractivity contribution in [3.63, 3.8) is 0 Å². The van der Waals surface area contributed by atoms with Gasteiger partial charge >= 0.3 is 0 Å². The van der Waals surface area contributed by atoms with E-state index in [4.69, 9.17) is 14.4 Å². The lowest BCUT2D eigenvalue weighted by Gasteiger charge is -2.20. The number of hydrogen-bond acceptors (Lipinski definition) is 4. The summed E-state index contributed by atoms with van der Waals surface area (Å²) in [7, 11) is -3.16. The number of nitrogens with zero attached hydrogens (tertiary/aromatic N) is 2. The van der Waals surface area contributed by atoms with Crippen LogP contribution in [0.5, 0.6) is 0 Å². The standard InChI is InChI=1S/C47H35N2O2P/c1-2-16-34-31-40(38-23-12-14-25-41(38)48-34)43-44-45(32-17-6-3-7-18-32)49-42-26-15-13-24-39(42)47(44)51-46(43)33-27-29-37(30-28-33)52(50,35-19-8-4-9-20-35)36-21-10-5-11-22-36/h3-15,17-31H,2,16H2,1H3. The molecule has 0 aliphatic rings. The molecule has 0 radical (unpaired) electrons. The molecule has 0 spiro atoms. The Kier molecular flexibility index (Phi) is 8.10. The summed E-state index contributed by atoms with van der Waals surface area (Å²) < 4.78 is 22.4. The molecule has 0 bridgehead atoms. The Morgan fingerprint density at radius 3 is 1.73 bits per heavy atom. The van der Waals surface area contributed by atoms with E-state index in [0.717, 1.165) is 101 Å². The van der Waals surface area contributed by atoms with Crippen LogP contribution in [0.4, 0.5) is 0 Å². The van der Waals surface area contributed by atoms with Crippen LogP contribution in [0, 0.1) is 0 Å². The molecule has 5 heteroatoms. The first-order chi connectivity index (χ1) is 25.6. The van der Waals surface area contributed by atoms with E-state index in [0.29, 0.717) is 0 Å². The predicted molar refractivity (Wildman–Crippen MR) is 217 cm³/mol. The molecule has 9 aromatic rings. The van der Waals surface area contributed by atoms with Crippen LogP contribution >= 0.6 is 7.14 Å². The molecule has 0 fully saturated rings. The van der Waals surface area contributed by atoms with Gasteiger partial charge in [-0.2, -0.15) is 0 Å². The van der Waals surface area contributed by atoms with Crippen molar-refractivity contribution in [2.45, 2.75) is 19.8 Å². The van der Waals surface area contributed by atoms with Gasteiger partial charge < -0.3 is 8.98 Å². The van der Waals surface area contributed by atoms with Gasteiger partial charge in [0.05, 0.1) is 22.1 Å². The van der Waals surface area contributed by atoms with Crippen LogP contribution in [0.25, 0.3) is 66.5 Å². The van der Waals surface area contributed by atoms with Crippen LogP contribution in [0.15, 0.2) is 174 Å². The predicted octanol–water partition coefficient (Wildman–Crippen LogP) is 11.1. The lowest BCUT2D eigenvalue weighted by molar-refractivity contribution is 0.592. The molecule has 0 saturated carbocycles. The fourth-order valence-corrected chi connectivity index (χ4v) is 10.1. The van der Waals surface area contributed by atoms with Gasteiger partial charge in [-0.15, -0.1) is 0 Å². The summed E-state index contributed by atoms with van der Waals surface area (Å²) >= 11 is 0.